The van der Waals surface area contributed by atoms with Gasteiger partial charge in [0.15, 0.2) is 0 Å². The van der Waals surface area contributed by atoms with Crippen molar-refractivity contribution < 1.29 is 14.4 Å². The molecule has 23 heavy (non-hydrogen) atoms. The van der Waals surface area contributed by atoms with Crippen LogP contribution in [-0.2, 0) is 14.4 Å². The van der Waals surface area contributed by atoms with Gasteiger partial charge in [-0.1, -0.05) is 12.8 Å². The Bertz CT molecular complexity index is 468. The molecule has 6 nitrogen and oxygen atoms in total. The van der Waals surface area contributed by atoms with E-state index >= 15 is 0 Å². The van der Waals surface area contributed by atoms with Crippen molar-refractivity contribution in [3.8, 4) is 0 Å². The van der Waals surface area contributed by atoms with Crippen molar-refractivity contribution in [2.45, 2.75) is 44.9 Å². The minimum atomic E-state index is -0.0939. The van der Waals surface area contributed by atoms with Crippen LogP contribution in [-0.4, -0.2) is 71.7 Å². The van der Waals surface area contributed by atoms with Gasteiger partial charge in [-0.2, -0.15) is 0 Å². The number of hydrogen-bond acceptors (Lipinski definition) is 3. The van der Waals surface area contributed by atoms with Gasteiger partial charge in [-0.3, -0.25) is 14.4 Å². The molecule has 6 heteroatoms. The Morgan fingerprint density at radius 1 is 0.870 bits per heavy atom. The Balaban J connectivity index is 1.45. The maximum atomic E-state index is 12.3. The summed E-state index contributed by atoms with van der Waals surface area (Å²) in [5.41, 5.74) is 0. The smallest absolute Gasteiger partial charge is 0.242 e. The molecule has 3 amide bonds. The van der Waals surface area contributed by atoms with Crippen molar-refractivity contribution in [1.82, 2.24) is 14.7 Å². The number of carbonyl (C=O) groups is 3. The molecule has 0 atom stereocenters. The second-order valence-corrected chi connectivity index (χ2v) is 7.07. The first kappa shape index (κ1) is 16.3. The molecule has 3 aliphatic rings. The van der Waals surface area contributed by atoms with E-state index < -0.39 is 0 Å². The van der Waals surface area contributed by atoms with Gasteiger partial charge < -0.3 is 14.7 Å². The molecular formula is C17H27N3O3. The highest BCUT2D eigenvalue weighted by Crippen LogP contribution is 2.28. The number of amides is 3. The highest BCUT2D eigenvalue weighted by Gasteiger charge is 2.31. The first-order valence-electron chi connectivity index (χ1n) is 8.97. The monoisotopic (exact) mass is 321 g/mol. The molecule has 0 spiro atoms. The molecule has 3 fully saturated rings. The van der Waals surface area contributed by atoms with Gasteiger partial charge >= 0.3 is 0 Å². The third kappa shape index (κ3) is 4.03. The lowest BCUT2D eigenvalue weighted by molar-refractivity contribution is -0.148. The summed E-state index contributed by atoms with van der Waals surface area (Å²) in [6.45, 7) is 2.97. The van der Waals surface area contributed by atoms with Gasteiger partial charge in [0.05, 0.1) is 13.1 Å². The van der Waals surface area contributed by atoms with Crippen molar-refractivity contribution >= 4 is 17.7 Å². The third-order valence-electron chi connectivity index (χ3n) is 5.39. The molecular weight excluding hydrogens is 294 g/mol. The minimum Gasteiger partial charge on any atom is -0.341 e. The zero-order chi connectivity index (χ0) is 16.2. The van der Waals surface area contributed by atoms with Gasteiger partial charge in [-0.05, 0) is 31.6 Å². The maximum Gasteiger partial charge on any atom is 0.242 e. The molecule has 2 saturated heterocycles. The average molecular weight is 321 g/mol. The molecule has 1 saturated carbocycles. The van der Waals surface area contributed by atoms with E-state index in [1.54, 1.807) is 9.80 Å². The first-order valence-corrected chi connectivity index (χ1v) is 8.97. The number of rotatable bonds is 4. The molecule has 1 aliphatic carbocycles. The van der Waals surface area contributed by atoms with Gasteiger partial charge in [-0.25, -0.2) is 0 Å². The van der Waals surface area contributed by atoms with E-state index in [0.717, 1.165) is 38.8 Å². The van der Waals surface area contributed by atoms with Crippen molar-refractivity contribution in [2.24, 2.45) is 5.92 Å². The van der Waals surface area contributed by atoms with E-state index in [1.807, 2.05) is 4.90 Å². The van der Waals surface area contributed by atoms with Crippen LogP contribution in [0.25, 0.3) is 0 Å². The van der Waals surface area contributed by atoms with E-state index in [9.17, 15) is 14.4 Å². The predicted molar refractivity (Wildman–Crippen MR) is 85.5 cm³/mol. The second kappa shape index (κ2) is 7.32. The highest BCUT2D eigenvalue weighted by molar-refractivity contribution is 5.89. The van der Waals surface area contributed by atoms with E-state index in [1.165, 1.54) is 12.8 Å². The minimum absolute atomic E-state index is 0.0431. The summed E-state index contributed by atoms with van der Waals surface area (Å²) in [5, 5.41) is 0. The van der Waals surface area contributed by atoms with E-state index in [2.05, 4.69) is 0 Å². The lowest BCUT2D eigenvalue weighted by Crippen LogP contribution is -2.54. The van der Waals surface area contributed by atoms with Crippen LogP contribution in [0.15, 0.2) is 0 Å². The molecule has 0 radical (unpaired) electrons. The lowest BCUT2D eigenvalue weighted by Gasteiger charge is -2.35. The number of hydrogen-bond donors (Lipinski definition) is 0. The summed E-state index contributed by atoms with van der Waals surface area (Å²) in [4.78, 5) is 41.9. The van der Waals surface area contributed by atoms with Crippen LogP contribution < -0.4 is 0 Å². The topological polar surface area (TPSA) is 60.9 Å². The number of piperazine rings is 1. The Morgan fingerprint density at radius 3 is 2.22 bits per heavy atom. The van der Waals surface area contributed by atoms with E-state index in [0.29, 0.717) is 25.4 Å². The van der Waals surface area contributed by atoms with Crippen LogP contribution in [0.4, 0.5) is 0 Å². The molecule has 2 aliphatic heterocycles. The van der Waals surface area contributed by atoms with E-state index in [-0.39, 0.29) is 30.8 Å². The van der Waals surface area contributed by atoms with Crippen LogP contribution in [0.1, 0.15) is 44.9 Å². The Kier molecular flexibility index (Phi) is 5.18. The van der Waals surface area contributed by atoms with Crippen molar-refractivity contribution in [3.63, 3.8) is 0 Å². The molecule has 2 heterocycles. The SMILES string of the molecule is O=C(CN1CCN(C(=O)CC2CCCC2)CC1=O)N1CCCC1. The number of likely N-dealkylation sites (tertiary alicyclic amines) is 1. The molecule has 0 aromatic rings. The zero-order valence-corrected chi connectivity index (χ0v) is 13.8. The largest absolute Gasteiger partial charge is 0.341 e. The molecule has 0 unspecified atom stereocenters. The lowest BCUT2D eigenvalue weighted by atomic mass is 10.0. The van der Waals surface area contributed by atoms with Crippen molar-refractivity contribution in [2.75, 3.05) is 39.3 Å². The summed E-state index contributed by atoms with van der Waals surface area (Å²) in [7, 11) is 0. The maximum absolute atomic E-state index is 12.3. The Hall–Kier alpha value is -1.59. The van der Waals surface area contributed by atoms with Crippen LogP contribution in [0, 0.1) is 5.92 Å². The van der Waals surface area contributed by atoms with Crippen LogP contribution in [0.3, 0.4) is 0 Å². The standard InChI is InChI=1S/C17H27N3O3/c21-15(11-14-5-1-2-6-14)19-9-10-20(17(23)13-19)12-16(22)18-7-3-4-8-18/h14H,1-13H2. The van der Waals surface area contributed by atoms with Crippen LogP contribution in [0.2, 0.25) is 0 Å². The summed E-state index contributed by atoms with van der Waals surface area (Å²) in [6.07, 6.45) is 7.44. The molecule has 0 bridgehead atoms. The molecule has 128 valence electrons. The Labute approximate surface area is 137 Å². The summed E-state index contributed by atoms with van der Waals surface area (Å²) in [6, 6.07) is 0. The molecule has 3 rings (SSSR count). The molecule has 0 aromatic heterocycles. The van der Waals surface area contributed by atoms with Crippen LogP contribution in [0.5, 0.6) is 0 Å². The van der Waals surface area contributed by atoms with Crippen molar-refractivity contribution in [1.29, 1.82) is 0 Å². The van der Waals surface area contributed by atoms with E-state index in [4.69, 9.17) is 0 Å². The number of carbonyl (C=O) groups excluding carboxylic acids is 3. The fourth-order valence-electron chi connectivity index (χ4n) is 3.91. The second-order valence-electron chi connectivity index (χ2n) is 7.07. The van der Waals surface area contributed by atoms with Gasteiger partial charge in [-0.15, -0.1) is 0 Å². The number of nitrogens with zero attached hydrogens (tertiary/aromatic N) is 3. The molecule has 0 N–H and O–H groups in total. The van der Waals surface area contributed by atoms with Crippen molar-refractivity contribution in [3.05, 3.63) is 0 Å². The normalized spacial score (nSPS) is 23.0. The zero-order valence-electron chi connectivity index (χ0n) is 13.8. The van der Waals surface area contributed by atoms with Gasteiger partial charge in [0, 0.05) is 32.6 Å². The van der Waals surface area contributed by atoms with Crippen LogP contribution >= 0.6 is 0 Å². The van der Waals surface area contributed by atoms with Gasteiger partial charge in [0.1, 0.15) is 0 Å². The fourth-order valence-corrected chi connectivity index (χ4v) is 3.91. The predicted octanol–water partition coefficient (Wildman–Crippen LogP) is 0.860. The molecule has 0 aromatic carbocycles. The Morgan fingerprint density at radius 2 is 1.57 bits per heavy atom. The van der Waals surface area contributed by atoms with Gasteiger partial charge in [0.25, 0.3) is 0 Å². The third-order valence-corrected chi connectivity index (χ3v) is 5.39. The average Bonchev–Trinajstić information content (AvgIpc) is 3.22. The summed E-state index contributed by atoms with van der Waals surface area (Å²) >= 11 is 0. The van der Waals surface area contributed by atoms with Gasteiger partial charge in [0.2, 0.25) is 17.7 Å². The summed E-state index contributed by atoms with van der Waals surface area (Å²) in [5.74, 6) is 0.563. The highest BCUT2D eigenvalue weighted by atomic mass is 16.2. The quantitative estimate of drug-likeness (QED) is 0.771. The summed E-state index contributed by atoms with van der Waals surface area (Å²) < 4.78 is 0. The fraction of sp³-hybridized carbons (Fsp3) is 0.824. The first-order chi connectivity index (χ1) is 11.1.